The van der Waals surface area contributed by atoms with E-state index in [-0.39, 0.29) is 9.92 Å². The molecule has 2 heterocycles. The van der Waals surface area contributed by atoms with Crippen LogP contribution >= 0.6 is 50.5 Å². The number of hydrogen-bond acceptors (Lipinski definition) is 5. The number of piperazine rings is 1. The maximum atomic E-state index is 13.0. The summed E-state index contributed by atoms with van der Waals surface area (Å²) in [7, 11) is -3.70. The van der Waals surface area contributed by atoms with Crippen LogP contribution in [-0.2, 0) is 10.0 Å². The standard InChI is InChI=1S/C19H16BrCl2N3O2S2/c20-14-3-1-2-13(10-14)17-12-28-19(23-17)24-6-8-25(9-7-24)29(26,27)18-11-15(21)4-5-16(18)22/h1-5,10-12H,6-9H2. The lowest BCUT2D eigenvalue weighted by Crippen LogP contribution is -2.48. The summed E-state index contributed by atoms with van der Waals surface area (Å²) >= 11 is 17.1. The lowest BCUT2D eigenvalue weighted by molar-refractivity contribution is 0.385. The lowest BCUT2D eigenvalue weighted by Gasteiger charge is -2.34. The highest BCUT2D eigenvalue weighted by atomic mass is 79.9. The van der Waals surface area contributed by atoms with Crippen molar-refractivity contribution in [3.05, 3.63) is 62.4 Å². The van der Waals surface area contributed by atoms with Crippen LogP contribution in [0.25, 0.3) is 11.3 Å². The van der Waals surface area contributed by atoms with E-state index in [2.05, 4.69) is 20.8 Å². The Kier molecular flexibility index (Phi) is 6.20. The van der Waals surface area contributed by atoms with Crippen LogP contribution in [0.5, 0.6) is 0 Å². The number of hydrogen-bond donors (Lipinski definition) is 0. The van der Waals surface area contributed by atoms with Crippen LogP contribution in [0.3, 0.4) is 0 Å². The smallest absolute Gasteiger partial charge is 0.244 e. The first-order chi connectivity index (χ1) is 13.8. The summed E-state index contributed by atoms with van der Waals surface area (Å²) in [6.07, 6.45) is 0. The molecule has 0 saturated carbocycles. The lowest BCUT2D eigenvalue weighted by atomic mass is 10.2. The number of halogens is 3. The Labute approximate surface area is 192 Å². The fraction of sp³-hybridized carbons (Fsp3) is 0.211. The third-order valence-corrected chi connectivity index (χ3v) is 8.64. The third kappa shape index (κ3) is 4.47. The van der Waals surface area contributed by atoms with Crippen molar-refractivity contribution in [1.29, 1.82) is 0 Å². The first kappa shape index (κ1) is 21.1. The predicted molar refractivity (Wildman–Crippen MR) is 123 cm³/mol. The third-order valence-electron chi connectivity index (χ3n) is 4.63. The first-order valence-corrected chi connectivity index (χ1v) is 12.6. The number of anilines is 1. The SMILES string of the molecule is O=S(=O)(c1cc(Cl)ccc1Cl)N1CCN(c2nc(-c3cccc(Br)c3)cs2)CC1. The van der Waals surface area contributed by atoms with Gasteiger partial charge in [0.1, 0.15) is 4.90 Å². The minimum Gasteiger partial charge on any atom is -0.345 e. The van der Waals surface area contributed by atoms with Crippen LogP contribution in [0.15, 0.2) is 57.2 Å². The molecule has 3 aromatic rings. The largest absolute Gasteiger partial charge is 0.345 e. The quantitative estimate of drug-likeness (QED) is 0.452. The second-order valence-corrected chi connectivity index (χ2v) is 11.0. The van der Waals surface area contributed by atoms with Crippen LogP contribution in [0, 0.1) is 0 Å². The van der Waals surface area contributed by atoms with Crippen molar-refractivity contribution < 1.29 is 8.42 Å². The highest BCUT2D eigenvalue weighted by molar-refractivity contribution is 9.10. The van der Waals surface area contributed by atoms with E-state index in [9.17, 15) is 8.42 Å². The molecule has 1 aromatic heterocycles. The number of nitrogens with zero attached hydrogens (tertiary/aromatic N) is 3. The molecule has 10 heteroatoms. The summed E-state index contributed by atoms with van der Waals surface area (Å²) in [5.41, 5.74) is 1.95. The van der Waals surface area contributed by atoms with Crippen molar-refractivity contribution in [2.24, 2.45) is 0 Å². The van der Waals surface area contributed by atoms with Gasteiger partial charge in [-0.1, -0.05) is 51.3 Å². The van der Waals surface area contributed by atoms with Gasteiger partial charge in [-0.3, -0.25) is 0 Å². The van der Waals surface area contributed by atoms with Crippen LogP contribution < -0.4 is 4.90 Å². The van der Waals surface area contributed by atoms with Crippen LogP contribution in [0.4, 0.5) is 5.13 Å². The van der Waals surface area contributed by atoms with Crippen LogP contribution in [-0.4, -0.2) is 43.9 Å². The molecule has 1 aliphatic rings. The molecule has 2 aromatic carbocycles. The van der Waals surface area contributed by atoms with Gasteiger partial charge in [0.15, 0.2) is 5.13 Å². The van der Waals surface area contributed by atoms with Gasteiger partial charge in [-0.2, -0.15) is 4.31 Å². The maximum absolute atomic E-state index is 13.0. The predicted octanol–water partition coefficient (Wildman–Crippen LogP) is 5.39. The molecule has 29 heavy (non-hydrogen) atoms. The van der Waals surface area contributed by atoms with Crippen molar-refractivity contribution in [3.8, 4) is 11.3 Å². The Morgan fingerprint density at radius 3 is 2.52 bits per heavy atom. The van der Waals surface area contributed by atoms with Gasteiger partial charge in [0.25, 0.3) is 0 Å². The Hall–Kier alpha value is -1.16. The topological polar surface area (TPSA) is 53.5 Å². The Bertz CT molecular complexity index is 1150. The molecule has 152 valence electrons. The van der Waals surface area contributed by atoms with Gasteiger partial charge in [-0.25, -0.2) is 13.4 Å². The molecule has 1 saturated heterocycles. The van der Waals surface area contributed by atoms with Crippen molar-refractivity contribution >= 4 is 65.6 Å². The minimum absolute atomic E-state index is 0.0475. The highest BCUT2D eigenvalue weighted by Crippen LogP contribution is 2.31. The molecule has 4 rings (SSSR count). The number of benzene rings is 2. The first-order valence-electron chi connectivity index (χ1n) is 8.76. The zero-order valence-corrected chi connectivity index (χ0v) is 19.8. The Morgan fingerprint density at radius 1 is 1.03 bits per heavy atom. The minimum atomic E-state index is -3.70. The molecule has 0 bridgehead atoms. The summed E-state index contributed by atoms with van der Waals surface area (Å²) in [6.45, 7) is 1.83. The summed E-state index contributed by atoms with van der Waals surface area (Å²) in [5.74, 6) is 0. The second-order valence-electron chi connectivity index (χ2n) is 6.49. The molecule has 0 radical (unpaired) electrons. The molecular weight excluding hydrogens is 517 g/mol. The van der Waals surface area contributed by atoms with Crippen molar-refractivity contribution in [2.45, 2.75) is 4.90 Å². The molecule has 1 fully saturated rings. The highest BCUT2D eigenvalue weighted by Gasteiger charge is 2.31. The average Bonchev–Trinajstić information content (AvgIpc) is 3.20. The summed E-state index contributed by atoms with van der Waals surface area (Å²) in [4.78, 5) is 6.89. The van der Waals surface area contributed by atoms with E-state index in [1.165, 1.54) is 16.4 Å². The fourth-order valence-corrected chi connectivity index (χ4v) is 6.57. The van der Waals surface area contributed by atoms with E-state index in [0.717, 1.165) is 20.9 Å². The molecule has 0 unspecified atom stereocenters. The van der Waals surface area contributed by atoms with E-state index in [4.69, 9.17) is 28.2 Å². The van der Waals surface area contributed by atoms with E-state index in [1.807, 2.05) is 29.6 Å². The van der Waals surface area contributed by atoms with Crippen LogP contribution in [0.2, 0.25) is 10.0 Å². The van der Waals surface area contributed by atoms with E-state index in [0.29, 0.717) is 31.2 Å². The molecule has 1 aliphatic heterocycles. The summed E-state index contributed by atoms with van der Waals surface area (Å²) < 4.78 is 28.4. The zero-order chi connectivity index (χ0) is 20.6. The molecule has 0 spiro atoms. The molecular formula is C19H16BrCl2N3O2S2. The zero-order valence-electron chi connectivity index (χ0n) is 15.1. The van der Waals surface area contributed by atoms with Gasteiger partial charge in [0.2, 0.25) is 10.0 Å². The van der Waals surface area contributed by atoms with Gasteiger partial charge >= 0.3 is 0 Å². The molecule has 0 aliphatic carbocycles. The Morgan fingerprint density at radius 2 is 1.79 bits per heavy atom. The van der Waals surface area contributed by atoms with Gasteiger partial charge in [0, 0.05) is 46.6 Å². The summed E-state index contributed by atoms with van der Waals surface area (Å²) in [6, 6.07) is 12.5. The molecule has 0 N–H and O–H groups in total. The molecule has 5 nitrogen and oxygen atoms in total. The molecule has 0 amide bonds. The Balaban J connectivity index is 1.48. The van der Waals surface area contributed by atoms with Crippen molar-refractivity contribution in [2.75, 3.05) is 31.1 Å². The maximum Gasteiger partial charge on any atom is 0.244 e. The van der Waals surface area contributed by atoms with Gasteiger partial charge in [-0.05, 0) is 30.3 Å². The average molecular weight is 533 g/mol. The van der Waals surface area contributed by atoms with Gasteiger partial charge in [-0.15, -0.1) is 11.3 Å². The number of thiazole rings is 1. The van der Waals surface area contributed by atoms with Gasteiger partial charge in [0.05, 0.1) is 10.7 Å². The molecule has 0 atom stereocenters. The monoisotopic (exact) mass is 531 g/mol. The van der Waals surface area contributed by atoms with Crippen LogP contribution in [0.1, 0.15) is 0 Å². The van der Waals surface area contributed by atoms with E-state index >= 15 is 0 Å². The second kappa shape index (κ2) is 8.53. The summed E-state index contributed by atoms with van der Waals surface area (Å²) in [5, 5.41) is 3.43. The number of aromatic nitrogens is 1. The van der Waals surface area contributed by atoms with Gasteiger partial charge < -0.3 is 4.90 Å². The number of sulfonamides is 1. The number of rotatable bonds is 4. The normalized spacial score (nSPS) is 15.6. The van der Waals surface area contributed by atoms with Crippen molar-refractivity contribution in [3.63, 3.8) is 0 Å². The van der Waals surface area contributed by atoms with E-state index in [1.54, 1.807) is 17.4 Å². The van der Waals surface area contributed by atoms with E-state index < -0.39 is 10.0 Å². The fourth-order valence-electron chi connectivity index (χ4n) is 3.12. The van der Waals surface area contributed by atoms with Crippen molar-refractivity contribution in [1.82, 2.24) is 9.29 Å².